The predicted molar refractivity (Wildman–Crippen MR) is 48.8 cm³/mol. The second kappa shape index (κ2) is 3.10. The number of rotatable bonds is 1. The van der Waals surface area contributed by atoms with Crippen LogP contribution in [0, 0.1) is 12.7 Å². The minimum Gasteiger partial charge on any atom is -0.461 e. The first kappa shape index (κ1) is 8.68. The van der Waals surface area contributed by atoms with E-state index in [1.54, 1.807) is 12.1 Å². The summed E-state index contributed by atoms with van der Waals surface area (Å²) in [5.41, 5.74) is 5.57. The van der Waals surface area contributed by atoms with Crippen LogP contribution < -0.4 is 5.73 Å². The van der Waals surface area contributed by atoms with Crippen LogP contribution in [-0.4, -0.2) is 9.97 Å². The summed E-state index contributed by atoms with van der Waals surface area (Å²) < 4.78 is 18.1. The fourth-order valence-corrected chi connectivity index (χ4v) is 1.10. The van der Waals surface area contributed by atoms with Crippen LogP contribution >= 0.6 is 0 Å². The number of halogens is 1. The lowest BCUT2D eigenvalue weighted by atomic mass is 10.3. The maximum atomic E-state index is 13.1. The molecule has 2 aromatic heterocycles. The van der Waals surface area contributed by atoms with E-state index in [2.05, 4.69) is 9.97 Å². The molecule has 0 aliphatic heterocycles. The predicted octanol–water partition coefficient (Wildman–Crippen LogP) is 1.77. The fraction of sp³-hybridized carbons (Fsp3) is 0.111. The Bertz CT molecular complexity index is 430. The molecule has 0 fully saturated rings. The summed E-state index contributed by atoms with van der Waals surface area (Å²) in [7, 11) is 0. The average Bonchev–Trinajstić information content (AvgIpc) is 2.66. The third-order valence-electron chi connectivity index (χ3n) is 1.78. The molecular formula is C9H8FN3O. The van der Waals surface area contributed by atoms with Crippen LogP contribution in [-0.2, 0) is 0 Å². The van der Waals surface area contributed by atoms with Crippen molar-refractivity contribution in [1.29, 1.82) is 0 Å². The van der Waals surface area contributed by atoms with Gasteiger partial charge in [-0.1, -0.05) is 0 Å². The molecule has 0 aliphatic rings. The van der Waals surface area contributed by atoms with Gasteiger partial charge in [-0.3, -0.25) is 0 Å². The lowest BCUT2D eigenvalue weighted by Crippen LogP contribution is -2.02. The molecule has 0 saturated carbocycles. The van der Waals surface area contributed by atoms with E-state index in [1.165, 1.54) is 13.2 Å². The van der Waals surface area contributed by atoms with Crippen molar-refractivity contribution in [2.75, 3.05) is 5.73 Å². The number of nitrogens with two attached hydrogens (primary N) is 1. The molecular weight excluding hydrogens is 185 g/mol. The molecule has 0 aliphatic carbocycles. The first-order valence-corrected chi connectivity index (χ1v) is 4.02. The Morgan fingerprint density at radius 1 is 1.43 bits per heavy atom. The largest absolute Gasteiger partial charge is 0.461 e. The molecule has 4 nitrogen and oxygen atoms in total. The van der Waals surface area contributed by atoms with E-state index in [1.807, 2.05) is 0 Å². The molecule has 0 radical (unpaired) electrons. The molecule has 5 heteroatoms. The normalized spacial score (nSPS) is 10.4. The van der Waals surface area contributed by atoms with E-state index in [0.717, 1.165) is 0 Å². The monoisotopic (exact) mass is 193 g/mol. The van der Waals surface area contributed by atoms with Crippen LogP contribution in [0.4, 0.5) is 10.2 Å². The van der Waals surface area contributed by atoms with E-state index in [4.69, 9.17) is 10.2 Å². The van der Waals surface area contributed by atoms with E-state index in [0.29, 0.717) is 11.6 Å². The van der Waals surface area contributed by atoms with E-state index >= 15 is 0 Å². The second-order valence-corrected chi connectivity index (χ2v) is 2.81. The molecule has 0 unspecified atom stereocenters. The Morgan fingerprint density at radius 3 is 2.79 bits per heavy atom. The maximum absolute atomic E-state index is 13.1. The highest BCUT2D eigenvalue weighted by molar-refractivity contribution is 5.50. The van der Waals surface area contributed by atoms with Crippen LogP contribution in [0.15, 0.2) is 22.8 Å². The van der Waals surface area contributed by atoms with Crippen molar-refractivity contribution in [2.45, 2.75) is 6.92 Å². The Hall–Kier alpha value is -1.91. The minimum atomic E-state index is -0.583. The van der Waals surface area contributed by atoms with Gasteiger partial charge in [0, 0.05) is 0 Å². The molecule has 0 spiro atoms. The van der Waals surface area contributed by atoms with Crippen molar-refractivity contribution >= 4 is 5.82 Å². The molecule has 0 saturated heterocycles. The number of aryl methyl sites for hydroxylation is 1. The van der Waals surface area contributed by atoms with Gasteiger partial charge in [0.1, 0.15) is 0 Å². The maximum Gasteiger partial charge on any atom is 0.198 e. The van der Waals surface area contributed by atoms with Crippen molar-refractivity contribution in [3.05, 3.63) is 29.9 Å². The second-order valence-electron chi connectivity index (χ2n) is 2.81. The van der Waals surface area contributed by atoms with Crippen LogP contribution in [0.3, 0.4) is 0 Å². The molecule has 2 rings (SSSR count). The smallest absolute Gasteiger partial charge is 0.198 e. The zero-order chi connectivity index (χ0) is 10.1. The van der Waals surface area contributed by atoms with Gasteiger partial charge >= 0.3 is 0 Å². The SMILES string of the molecule is Cc1nc(-c2ccco2)nc(N)c1F. The fourth-order valence-electron chi connectivity index (χ4n) is 1.10. The van der Waals surface area contributed by atoms with Crippen molar-refractivity contribution in [3.8, 4) is 11.6 Å². The lowest BCUT2D eigenvalue weighted by Gasteiger charge is -2.01. The Balaban J connectivity index is 2.57. The third-order valence-corrected chi connectivity index (χ3v) is 1.78. The van der Waals surface area contributed by atoms with Gasteiger partial charge in [-0.25, -0.2) is 14.4 Å². The van der Waals surface area contributed by atoms with Crippen LogP contribution in [0.1, 0.15) is 5.69 Å². The molecule has 2 N–H and O–H groups in total. The summed E-state index contributed by atoms with van der Waals surface area (Å²) in [6.45, 7) is 1.53. The zero-order valence-corrected chi connectivity index (χ0v) is 7.49. The number of nitrogen functional groups attached to an aromatic ring is 1. The topological polar surface area (TPSA) is 64.9 Å². The van der Waals surface area contributed by atoms with Gasteiger partial charge in [0.05, 0.1) is 12.0 Å². The highest BCUT2D eigenvalue weighted by atomic mass is 19.1. The van der Waals surface area contributed by atoms with Crippen molar-refractivity contribution in [1.82, 2.24) is 9.97 Å². The molecule has 0 bridgehead atoms. The number of hydrogen-bond donors (Lipinski definition) is 1. The van der Waals surface area contributed by atoms with Crippen LogP contribution in [0.2, 0.25) is 0 Å². The van der Waals surface area contributed by atoms with Crippen molar-refractivity contribution in [3.63, 3.8) is 0 Å². The molecule has 0 amide bonds. The van der Waals surface area contributed by atoms with E-state index in [-0.39, 0.29) is 11.5 Å². The van der Waals surface area contributed by atoms with Gasteiger partial charge in [0.15, 0.2) is 23.2 Å². The van der Waals surface area contributed by atoms with Crippen molar-refractivity contribution < 1.29 is 8.81 Å². The Labute approximate surface area is 79.6 Å². The molecule has 2 heterocycles. The van der Waals surface area contributed by atoms with Gasteiger partial charge in [-0.2, -0.15) is 0 Å². The first-order valence-electron chi connectivity index (χ1n) is 4.02. The molecule has 0 atom stereocenters. The van der Waals surface area contributed by atoms with E-state index in [9.17, 15) is 4.39 Å². The minimum absolute atomic E-state index is 0.163. The molecule has 14 heavy (non-hydrogen) atoms. The van der Waals surface area contributed by atoms with Gasteiger partial charge in [0.2, 0.25) is 0 Å². The summed E-state index contributed by atoms with van der Waals surface area (Å²) in [5, 5.41) is 0. The van der Waals surface area contributed by atoms with Gasteiger partial charge in [-0.15, -0.1) is 0 Å². The summed E-state index contributed by atoms with van der Waals surface area (Å²) >= 11 is 0. The average molecular weight is 193 g/mol. The quantitative estimate of drug-likeness (QED) is 0.749. The highest BCUT2D eigenvalue weighted by Crippen LogP contribution is 2.19. The first-order chi connectivity index (χ1) is 6.68. The van der Waals surface area contributed by atoms with Crippen LogP contribution in [0.25, 0.3) is 11.6 Å². The third kappa shape index (κ3) is 1.32. The van der Waals surface area contributed by atoms with Gasteiger partial charge < -0.3 is 10.2 Å². The summed E-state index contributed by atoms with van der Waals surface area (Å²) in [6.07, 6.45) is 1.49. The summed E-state index contributed by atoms with van der Waals surface area (Å²) in [5.74, 6) is 0.0235. The lowest BCUT2D eigenvalue weighted by molar-refractivity contribution is 0.572. The number of nitrogens with zero attached hydrogens (tertiary/aromatic N) is 2. The highest BCUT2D eigenvalue weighted by Gasteiger charge is 2.11. The number of aromatic nitrogens is 2. The Kier molecular flexibility index (Phi) is 1.92. The molecule has 0 aromatic carbocycles. The van der Waals surface area contributed by atoms with Gasteiger partial charge in [-0.05, 0) is 19.1 Å². The standard InChI is InChI=1S/C9H8FN3O/c1-5-7(10)8(11)13-9(12-5)6-3-2-4-14-6/h2-4H,1H3,(H2,11,12,13). The number of anilines is 1. The van der Waals surface area contributed by atoms with Gasteiger partial charge in [0.25, 0.3) is 0 Å². The number of furan rings is 1. The molecule has 72 valence electrons. The van der Waals surface area contributed by atoms with E-state index < -0.39 is 5.82 Å². The molecule has 2 aromatic rings. The number of hydrogen-bond acceptors (Lipinski definition) is 4. The van der Waals surface area contributed by atoms with Crippen LogP contribution in [0.5, 0.6) is 0 Å². The zero-order valence-electron chi connectivity index (χ0n) is 7.49. The Morgan fingerprint density at radius 2 is 2.21 bits per heavy atom. The van der Waals surface area contributed by atoms with Crippen molar-refractivity contribution in [2.24, 2.45) is 0 Å². The summed E-state index contributed by atoms with van der Waals surface area (Å²) in [4.78, 5) is 7.69. The summed E-state index contributed by atoms with van der Waals surface area (Å²) in [6, 6.07) is 3.39.